The van der Waals surface area contributed by atoms with Gasteiger partial charge in [0.05, 0.1) is 6.61 Å². The number of alkyl halides is 2. The SMILES string of the molecule is CCOC(=O)c1cnc(-c2ccc(C)cc2)nc1C(F)F. The van der Waals surface area contributed by atoms with Gasteiger partial charge in [-0.2, -0.15) is 0 Å². The molecule has 0 aliphatic rings. The van der Waals surface area contributed by atoms with Crippen LogP contribution >= 0.6 is 0 Å². The van der Waals surface area contributed by atoms with Crippen LogP contribution in [-0.2, 0) is 4.74 Å². The first-order valence-corrected chi connectivity index (χ1v) is 6.42. The number of carbonyl (C=O) groups excluding carboxylic acids is 1. The van der Waals surface area contributed by atoms with E-state index in [1.807, 2.05) is 19.1 Å². The van der Waals surface area contributed by atoms with E-state index in [9.17, 15) is 13.6 Å². The molecule has 0 radical (unpaired) electrons. The molecule has 0 amide bonds. The van der Waals surface area contributed by atoms with Gasteiger partial charge in [-0.05, 0) is 13.8 Å². The van der Waals surface area contributed by atoms with Gasteiger partial charge in [-0.3, -0.25) is 0 Å². The molecule has 0 saturated carbocycles. The molecule has 1 aromatic carbocycles. The lowest BCUT2D eigenvalue weighted by Gasteiger charge is -2.09. The Bertz CT molecular complexity index is 643. The zero-order valence-corrected chi connectivity index (χ0v) is 11.6. The summed E-state index contributed by atoms with van der Waals surface area (Å²) in [5.41, 5.74) is 0.732. The molecule has 0 saturated heterocycles. The monoisotopic (exact) mass is 292 g/mol. The highest BCUT2D eigenvalue weighted by Crippen LogP contribution is 2.24. The lowest BCUT2D eigenvalue weighted by Crippen LogP contribution is -2.11. The van der Waals surface area contributed by atoms with Gasteiger partial charge in [-0.1, -0.05) is 29.8 Å². The zero-order chi connectivity index (χ0) is 15.4. The van der Waals surface area contributed by atoms with Crippen molar-refractivity contribution in [2.24, 2.45) is 0 Å². The molecule has 0 aliphatic carbocycles. The smallest absolute Gasteiger partial charge is 0.341 e. The van der Waals surface area contributed by atoms with E-state index in [1.54, 1.807) is 19.1 Å². The average Bonchev–Trinajstić information content (AvgIpc) is 2.47. The van der Waals surface area contributed by atoms with Gasteiger partial charge in [0.1, 0.15) is 11.3 Å². The van der Waals surface area contributed by atoms with Crippen molar-refractivity contribution in [3.8, 4) is 11.4 Å². The molecule has 0 atom stereocenters. The topological polar surface area (TPSA) is 52.1 Å². The van der Waals surface area contributed by atoms with Crippen LogP contribution in [0.15, 0.2) is 30.5 Å². The number of aromatic nitrogens is 2. The summed E-state index contributed by atoms with van der Waals surface area (Å²) in [6, 6.07) is 7.15. The third-order valence-corrected chi connectivity index (χ3v) is 2.83. The van der Waals surface area contributed by atoms with E-state index < -0.39 is 18.1 Å². The maximum Gasteiger partial charge on any atom is 0.341 e. The third-order valence-electron chi connectivity index (χ3n) is 2.83. The molecule has 0 unspecified atom stereocenters. The summed E-state index contributed by atoms with van der Waals surface area (Å²) in [5, 5.41) is 0. The number of hydrogen-bond donors (Lipinski definition) is 0. The average molecular weight is 292 g/mol. The van der Waals surface area contributed by atoms with Gasteiger partial charge in [0.25, 0.3) is 6.43 Å². The van der Waals surface area contributed by atoms with Crippen LogP contribution in [0.5, 0.6) is 0 Å². The minimum atomic E-state index is -2.88. The predicted molar refractivity (Wildman–Crippen MR) is 73.1 cm³/mol. The Morgan fingerprint density at radius 3 is 2.52 bits per heavy atom. The molecule has 6 heteroatoms. The lowest BCUT2D eigenvalue weighted by atomic mass is 10.1. The highest BCUT2D eigenvalue weighted by atomic mass is 19.3. The lowest BCUT2D eigenvalue weighted by molar-refractivity contribution is 0.0513. The minimum absolute atomic E-state index is 0.0984. The summed E-state index contributed by atoms with van der Waals surface area (Å²) >= 11 is 0. The van der Waals surface area contributed by atoms with E-state index in [0.717, 1.165) is 11.8 Å². The minimum Gasteiger partial charge on any atom is -0.462 e. The van der Waals surface area contributed by atoms with Crippen LogP contribution in [0.2, 0.25) is 0 Å². The van der Waals surface area contributed by atoms with Gasteiger partial charge < -0.3 is 4.74 Å². The normalized spacial score (nSPS) is 10.7. The number of rotatable bonds is 4. The third kappa shape index (κ3) is 3.39. The van der Waals surface area contributed by atoms with Crippen molar-refractivity contribution in [3.05, 3.63) is 47.3 Å². The van der Waals surface area contributed by atoms with Gasteiger partial charge in [0, 0.05) is 11.8 Å². The molecule has 0 N–H and O–H groups in total. The molecule has 0 spiro atoms. The van der Waals surface area contributed by atoms with Crippen molar-refractivity contribution in [3.63, 3.8) is 0 Å². The summed E-state index contributed by atoms with van der Waals surface area (Å²) in [4.78, 5) is 19.4. The Hall–Kier alpha value is -2.37. The Morgan fingerprint density at radius 1 is 1.29 bits per heavy atom. The van der Waals surface area contributed by atoms with E-state index in [2.05, 4.69) is 9.97 Å². The summed E-state index contributed by atoms with van der Waals surface area (Å²) in [5.74, 6) is -0.693. The van der Waals surface area contributed by atoms with Crippen LogP contribution in [0.25, 0.3) is 11.4 Å². The predicted octanol–water partition coefficient (Wildman–Crippen LogP) is 3.57. The Morgan fingerprint density at radius 2 is 1.95 bits per heavy atom. The number of nitrogens with zero attached hydrogens (tertiary/aromatic N) is 2. The molecule has 0 aliphatic heterocycles. The van der Waals surface area contributed by atoms with Crippen LogP contribution in [0.1, 0.15) is 35.0 Å². The van der Waals surface area contributed by atoms with Crippen molar-refractivity contribution >= 4 is 5.97 Å². The number of hydrogen-bond acceptors (Lipinski definition) is 4. The second kappa shape index (κ2) is 6.39. The maximum absolute atomic E-state index is 13.1. The Balaban J connectivity index is 2.45. The fourth-order valence-corrected chi connectivity index (χ4v) is 1.77. The number of benzene rings is 1. The van der Waals surface area contributed by atoms with Crippen molar-refractivity contribution in [2.45, 2.75) is 20.3 Å². The van der Waals surface area contributed by atoms with Gasteiger partial charge >= 0.3 is 5.97 Å². The largest absolute Gasteiger partial charge is 0.462 e. The van der Waals surface area contributed by atoms with E-state index in [0.29, 0.717) is 5.56 Å². The number of esters is 1. The molecule has 4 nitrogen and oxygen atoms in total. The second-order valence-corrected chi connectivity index (χ2v) is 4.38. The molecule has 21 heavy (non-hydrogen) atoms. The molecule has 0 fully saturated rings. The number of halogens is 2. The standard InChI is InChI=1S/C15H14F2N2O2/c1-3-21-15(20)11-8-18-14(19-12(11)13(16)17)10-6-4-9(2)5-7-10/h4-8,13H,3H2,1-2H3. The van der Waals surface area contributed by atoms with Crippen LogP contribution in [0, 0.1) is 6.92 Å². The van der Waals surface area contributed by atoms with Crippen LogP contribution < -0.4 is 0 Å². The van der Waals surface area contributed by atoms with Gasteiger partial charge in [-0.25, -0.2) is 23.5 Å². The Labute approximate surface area is 120 Å². The fraction of sp³-hybridized carbons (Fsp3) is 0.267. The summed E-state index contributed by atoms with van der Waals surface area (Å²) in [6.45, 7) is 3.61. The molecule has 1 aromatic heterocycles. The van der Waals surface area contributed by atoms with Gasteiger partial charge in [0.2, 0.25) is 0 Å². The molecular weight excluding hydrogens is 278 g/mol. The van der Waals surface area contributed by atoms with Crippen molar-refractivity contribution in [2.75, 3.05) is 6.61 Å². The number of aryl methyl sites for hydroxylation is 1. The van der Waals surface area contributed by atoms with E-state index in [4.69, 9.17) is 4.74 Å². The fourth-order valence-electron chi connectivity index (χ4n) is 1.77. The zero-order valence-electron chi connectivity index (χ0n) is 11.6. The summed E-state index contributed by atoms with van der Waals surface area (Å²) in [7, 11) is 0. The van der Waals surface area contributed by atoms with Crippen LogP contribution in [0.4, 0.5) is 8.78 Å². The quantitative estimate of drug-likeness (QED) is 0.808. The summed E-state index contributed by atoms with van der Waals surface area (Å²) < 4.78 is 30.9. The second-order valence-electron chi connectivity index (χ2n) is 4.38. The van der Waals surface area contributed by atoms with E-state index in [-0.39, 0.29) is 18.0 Å². The molecule has 110 valence electrons. The van der Waals surface area contributed by atoms with Crippen molar-refractivity contribution in [1.82, 2.24) is 9.97 Å². The maximum atomic E-state index is 13.1. The van der Waals surface area contributed by atoms with Gasteiger partial charge in [-0.15, -0.1) is 0 Å². The molecular formula is C15H14F2N2O2. The number of carbonyl (C=O) groups is 1. The van der Waals surface area contributed by atoms with E-state index in [1.165, 1.54) is 0 Å². The van der Waals surface area contributed by atoms with E-state index >= 15 is 0 Å². The Kier molecular flexibility index (Phi) is 4.57. The highest BCUT2D eigenvalue weighted by molar-refractivity contribution is 5.90. The van der Waals surface area contributed by atoms with Crippen molar-refractivity contribution in [1.29, 1.82) is 0 Å². The molecule has 1 heterocycles. The molecule has 0 bridgehead atoms. The first kappa shape index (κ1) is 15.0. The molecule has 2 rings (SSSR count). The summed E-state index contributed by atoms with van der Waals surface area (Å²) in [6.07, 6.45) is -1.79. The van der Waals surface area contributed by atoms with Crippen LogP contribution in [-0.4, -0.2) is 22.5 Å². The number of ether oxygens (including phenoxy) is 1. The highest BCUT2D eigenvalue weighted by Gasteiger charge is 2.22. The van der Waals surface area contributed by atoms with Crippen LogP contribution in [0.3, 0.4) is 0 Å². The first-order valence-electron chi connectivity index (χ1n) is 6.42. The molecule has 2 aromatic rings. The first-order chi connectivity index (χ1) is 10.0. The van der Waals surface area contributed by atoms with Gasteiger partial charge in [0.15, 0.2) is 5.82 Å². The van der Waals surface area contributed by atoms with Crippen molar-refractivity contribution < 1.29 is 18.3 Å².